The van der Waals surface area contributed by atoms with Crippen molar-refractivity contribution in [2.75, 3.05) is 13.2 Å². The molecule has 0 radical (unpaired) electrons. The zero-order chi connectivity index (χ0) is 25.0. The summed E-state index contributed by atoms with van der Waals surface area (Å²) in [6, 6.07) is 14.8. The Bertz CT molecular complexity index is 811. The lowest BCUT2D eigenvalue weighted by Gasteiger charge is -2.08. The summed E-state index contributed by atoms with van der Waals surface area (Å²) < 4.78 is 11.5. The molecule has 0 saturated carbocycles. The van der Waals surface area contributed by atoms with E-state index in [-0.39, 0.29) is 5.78 Å². The third-order valence-corrected chi connectivity index (χ3v) is 6.28. The van der Waals surface area contributed by atoms with Gasteiger partial charge in [0, 0.05) is 17.5 Å². The molecule has 192 valence electrons. The Kier molecular flexibility index (Phi) is 15.3. The van der Waals surface area contributed by atoms with Crippen LogP contribution < -0.4 is 9.47 Å². The van der Waals surface area contributed by atoms with Gasteiger partial charge in [0.15, 0.2) is 5.78 Å². The fourth-order valence-corrected chi connectivity index (χ4v) is 4.06. The van der Waals surface area contributed by atoms with E-state index in [2.05, 4.69) is 6.92 Å². The molecule has 0 N–H and O–H groups in total. The Balaban J connectivity index is 1.46. The van der Waals surface area contributed by atoms with E-state index in [1.54, 1.807) is 12.1 Å². The van der Waals surface area contributed by atoms with Crippen molar-refractivity contribution in [3.05, 3.63) is 59.7 Å². The van der Waals surface area contributed by atoms with Crippen LogP contribution in [0.15, 0.2) is 48.5 Å². The summed E-state index contributed by atoms with van der Waals surface area (Å²) >= 11 is 0. The highest BCUT2D eigenvalue weighted by Crippen LogP contribution is 2.17. The average molecular weight is 481 g/mol. The molecule has 0 bridgehead atoms. The van der Waals surface area contributed by atoms with E-state index >= 15 is 0 Å². The molecule has 35 heavy (non-hydrogen) atoms. The topological polar surface area (TPSA) is 52.6 Å². The highest BCUT2D eigenvalue weighted by Gasteiger charge is 2.06. The summed E-state index contributed by atoms with van der Waals surface area (Å²) in [4.78, 5) is 23.1. The number of carbonyl (C=O) groups excluding carboxylic acids is 2. The van der Waals surface area contributed by atoms with Crippen molar-refractivity contribution in [2.45, 2.75) is 96.8 Å². The van der Waals surface area contributed by atoms with Gasteiger partial charge < -0.3 is 9.47 Å². The Hall–Kier alpha value is -2.62. The van der Waals surface area contributed by atoms with Gasteiger partial charge in [-0.15, -0.1) is 0 Å². The molecule has 2 rings (SSSR count). The smallest absolute Gasteiger partial charge is 0.162 e. The van der Waals surface area contributed by atoms with E-state index in [0.29, 0.717) is 25.2 Å². The number of carbonyl (C=O) groups is 2. The number of ether oxygens (including phenoxy) is 2. The highest BCUT2D eigenvalue weighted by atomic mass is 16.5. The Morgan fingerprint density at radius 2 is 1.09 bits per heavy atom. The minimum atomic E-state index is 0.237. The van der Waals surface area contributed by atoms with Crippen LogP contribution in [0.3, 0.4) is 0 Å². The van der Waals surface area contributed by atoms with Crippen LogP contribution in [0.4, 0.5) is 0 Å². The standard InChI is InChI=1S/C31H44O4/c1-2-3-4-5-6-7-8-9-12-15-31(33)28-18-22-30(23-19-28)35-25-14-11-10-13-24-34-29-20-16-27(26-32)17-21-29/h16-23,26H,2-15,24-25H2,1H3. The maximum atomic E-state index is 12.4. The van der Waals surface area contributed by atoms with Crippen molar-refractivity contribution < 1.29 is 19.1 Å². The van der Waals surface area contributed by atoms with Gasteiger partial charge in [-0.25, -0.2) is 0 Å². The molecule has 2 aromatic carbocycles. The van der Waals surface area contributed by atoms with Crippen LogP contribution in [0.5, 0.6) is 11.5 Å². The van der Waals surface area contributed by atoms with Crippen molar-refractivity contribution in [1.82, 2.24) is 0 Å². The molecule has 0 fully saturated rings. The van der Waals surface area contributed by atoms with Crippen LogP contribution in [-0.2, 0) is 0 Å². The molecule has 0 saturated heterocycles. The first kappa shape index (κ1) is 28.6. The molecule has 0 aromatic heterocycles. The lowest BCUT2D eigenvalue weighted by Crippen LogP contribution is -2.01. The number of benzene rings is 2. The van der Waals surface area contributed by atoms with Gasteiger partial charge in [0.25, 0.3) is 0 Å². The van der Waals surface area contributed by atoms with Gasteiger partial charge in [-0.1, -0.05) is 58.3 Å². The van der Waals surface area contributed by atoms with Crippen molar-refractivity contribution >= 4 is 12.1 Å². The van der Waals surface area contributed by atoms with Gasteiger partial charge in [0.2, 0.25) is 0 Å². The van der Waals surface area contributed by atoms with E-state index in [9.17, 15) is 9.59 Å². The largest absolute Gasteiger partial charge is 0.494 e. The molecule has 2 aromatic rings. The van der Waals surface area contributed by atoms with Crippen LogP contribution in [-0.4, -0.2) is 25.3 Å². The van der Waals surface area contributed by atoms with Crippen LogP contribution in [0.1, 0.15) is 118 Å². The van der Waals surface area contributed by atoms with E-state index in [1.807, 2.05) is 36.4 Å². The monoisotopic (exact) mass is 480 g/mol. The summed E-state index contributed by atoms with van der Waals surface area (Å²) in [5, 5.41) is 0. The first-order chi connectivity index (χ1) is 17.2. The molecule has 0 aliphatic rings. The van der Waals surface area contributed by atoms with Crippen LogP contribution in [0, 0.1) is 0 Å². The van der Waals surface area contributed by atoms with Gasteiger partial charge in [0.05, 0.1) is 13.2 Å². The minimum Gasteiger partial charge on any atom is -0.494 e. The third-order valence-electron chi connectivity index (χ3n) is 6.28. The minimum absolute atomic E-state index is 0.237. The van der Waals surface area contributed by atoms with Gasteiger partial charge in [-0.3, -0.25) is 9.59 Å². The van der Waals surface area contributed by atoms with E-state index in [1.165, 1.54) is 44.9 Å². The second kappa shape index (κ2) is 18.7. The molecule has 4 heteroatoms. The molecule has 0 heterocycles. The quantitative estimate of drug-likeness (QED) is 0.102. The van der Waals surface area contributed by atoms with E-state index in [4.69, 9.17) is 9.47 Å². The molecule has 0 atom stereocenters. The summed E-state index contributed by atoms with van der Waals surface area (Å²) in [6.45, 7) is 3.61. The van der Waals surface area contributed by atoms with Crippen molar-refractivity contribution in [1.29, 1.82) is 0 Å². The molecule has 0 aliphatic carbocycles. The van der Waals surface area contributed by atoms with Gasteiger partial charge in [-0.05, 0) is 80.6 Å². The molecule has 0 amide bonds. The van der Waals surface area contributed by atoms with Crippen molar-refractivity contribution in [3.63, 3.8) is 0 Å². The second-order valence-electron chi connectivity index (χ2n) is 9.32. The fourth-order valence-electron chi connectivity index (χ4n) is 4.06. The molecular formula is C31H44O4. The number of hydrogen-bond donors (Lipinski definition) is 0. The van der Waals surface area contributed by atoms with Gasteiger partial charge >= 0.3 is 0 Å². The number of ketones is 1. The number of rotatable bonds is 21. The number of Topliss-reactive ketones (excluding diaryl/α,β-unsaturated/α-hetero) is 1. The Labute approximate surface area is 212 Å². The first-order valence-electron chi connectivity index (χ1n) is 13.7. The van der Waals surface area contributed by atoms with Gasteiger partial charge in [0.1, 0.15) is 17.8 Å². The fraction of sp³-hybridized carbons (Fsp3) is 0.548. The number of unbranched alkanes of at least 4 members (excludes halogenated alkanes) is 11. The highest BCUT2D eigenvalue weighted by molar-refractivity contribution is 5.96. The molecule has 0 unspecified atom stereocenters. The maximum absolute atomic E-state index is 12.4. The first-order valence-corrected chi connectivity index (χ1v) is 13.7. The summed E-state index contributed by atoms with van der Waals surface area (Å²) in [7, 11) is 0. The van der Waals surface area contributed by atoms with Gasteiger partial charge in [-0.2, -0.15) is 0 Å². The number of hydrogen-bond acceptors (Lipinski definition) is 4. The van der Waals surface area contributed by atoms with Crippen LogP contribution in [0.2, 0.25) is 0 Å². The average Bonchev–Trinajstić information content (AvgIpc) is 2.89. The lowest BCUT2D eigenvalue weighted by atomic mass is 10.0. The lowest BCUT2D eigenvalue weighted by molar-refractivity contribution is 0.0978. The van der Waals surface area contributed by atoms with Crippen molar-refractivity contribution in [3.8, 4) is 11.5 Å². The van der Waals surface area contributed by atoms with Crippen LogP contribution >= 0.6 is 0 Å². The zero-order valence-electron chi connectivity index (χ0n) is 21.6. The predicted octanol–water partition coefficient (Wildman–Crippen LogP) is 8.62. The van der Waals surface area contributed by atoms with E-state index < -0.39 is 0 Å². The summed E-state index contributed by atoms with van der Waals surface area (Å²) in [5.74, 6) is 1.86. The predicted molar refractivity (Wildman–Crippen MR) is 144 cm³/mol. The summed E-state index contributed by atoms with van der Waals surface area (Å²) in [6.07, 6.45) is 17.0. The number of aldehydes is 1. The Morgan fingerprint density at radius 1 is 0.629 bits per heavy atom. The summed E-state index contributed by atoms with van der Waals surface area (Å²) in [5.41, 5.74) is 1.45. The SMILES string of the molecule is CCCCCCCCCCCC(=O)c1ccc(OCCCCCCOc2ccc(C=O)cc2)cc1. The maximum Gasteiger partial charge on any atom is 0.162 e. The molecule has 0 spiro atoms. The third kappa shape index (κ3) is 13.2. The normalized spacial score (nSPS) is 10.8. The van der Waals surface area contributed by atoms with Crippen molar-refractivity contribution in [2.24, 2.45) is 0 Å². The molecule has 4 nitrogen and oxygen atoms in total. The molecule has 0 aliphatic heterocycles. The van der Waals surface area contributed by atoms with Crippen LogP contribution in [0.25, 0.3) is 0 Å². The zero-order valence-corrected chi connectivity index (χ0v) is 21.6. The van der Waals surface area contributed by atoms with E-state index in [0.717, 1.165) is 61.9 Å². The second-order valence-corrected chi connectivity index (χ2v) is 9.32. The Morgan fingerprint density at radius 3 is 1.60 bits per heavy atom. The molecular weight excluding hydrogens is 436 g/mol.